The summed E-state index contributed by atoms with van der Waals surface area (Å²) in [6.45, 7) is 2.47. The molecule has 2 saturated heterocycles. The number of carbonyl (C=O) groups excluding carboxylic acids is 2. The number of fused-ring (bicyclic) bond motifs is 1. The quantitative estimate of drug-likeness (QED) is 0.855. The molecule has 0 aromatic heterocycles. The first-order valence-electron chi connectivity index (χ1n) is 8.76. The SMILES string of the molecule is O=C1CC2(CCN(Cc3ccc(F)c4ccccc34)CC2)CC(=O)N1. The molecule has 0 saturated carbocycles. The monoisotopic (exact) mass is 340 g/mol. The molecule has 2 heterocycles. The van der Waals surface area contributed by atoms with Gasteiger partial charge in [-0.05, 0) is 48.4 Å². The van der Waals surface area contributed by atoms with Gasteiger partial charge in [0, 0.05) is 24.8 Å². The van der Waals surface area contributed by atoms with Crippen LogP contribution >= 0.6 is 0 Å². The number of amides is 2. The van der Waals surface area contributed by atoms with E-state index in [1.807, 2.05) is 30.3 Å². The van der Waals surface area contributed by atoms with Crippen LogP contribution in [-0.2, 0) is 16.1 Å². The fourth-order valence-corrected chi connectivity index (χ4v) is 4.23. The first kappa shape index (κ1) is 16.2. The maximum atomic E-state index is 14.0. The van der Waals surface area contributed by atoms with E-state index in [-0.39, 0.29) is 23.0 Å². The zero-order valence-electron chi connectivity index (χ0n) is 14.1. The summed E-state index contributed by atoms with van der Waals surface area (Å²) in [4.78, 5) is 25.8. The van der Waals surface area contributed by atoms with Crippen molar-refractivity contribution in [2.45, 2.75) is 32.2 Å². The smallest absolute Gasteiger partial charge is 0.227 e. The number of rotatable bonds is 2. The molecule has 0 aliphatic carbocycles. The Labute approximate surface area is 146 Å². The minimum Gasteiger partial charge on any atom is -0.299 e. The van der Waals surface area contributed by atoms with Crippen molar-refractivity contribution in [2.24, 2.45) is 5.41 Å². The van der Waals surface area contributed by atoms with Gasteiger partial charge < -0.3 is 0 Å². The van der Waals surface area contributed by atoms with Gasteiger partial charge in [-0.1, -0.05) is 30.3 Å². The van der Waals surface area contributed by atoms with Crippen molar-refractivity contribution in [3.63, 3.8) is 0 Å². The molecule has 5 heteroatoms. The van der Waals surface area contributed by atoms with E-state index in [9.17, 15) is 14.0 Å². The minimum absolute atomic E-state index is 0.144. The molecule has 4 nitrogen and oxygen atoms in total. The van der Waals surface area contributed by atoms with Crippen molar-refractivity contribution in [3.05, 3.63) is 47.8 Å². The Morgan fingerprint density at radius 3 is 2.28 bits per heavy atom. The van der Waals surface area contributed by atoms with Crippen molar-refractivity contribution < 1.29 is 14.0 Å². The number of imide groups is 1. The molecule has 2 fully saturated rings. The van der Waals surface area contributed by atoms with Crippen LogP contribution in [0.3, 0.4) is 0 Å². The number of halogens is 1. The van der Waals surface area contributed by atoms with Gasteiger partial charge in [-0.2, -0.15) is 0 Å². The van der Waals surface area contributed by atoms with Gasteiger partial charge in [0.05, 0.1) is 0 Å². The Morgan fingerprint density at radius 1 is 0.960 bits per heavy atom. The zero-order valence-corrected chi connectivity index (χ0v) is 14.1. The van der Waals surface area contributed by atoms with E-state index in [0.717, 1.165) is 43.4 Å². The molecule has 4 rings (SSSR count). The molecular weight excluding hydrogens is 319 g/mol. The summed E-state index contributed by atoms with van der Waals surface area (Å²) in [5.41, 5.74) is 0.950. The average Bonchev–Trinajstić information content (AvgIpc) is 2.59. The predicted molar refractivity (Wildman–Crippen MR) is 93.2 cm³/mol. The van der Waals surface area contributed by atoms with Gasteiger partial charge >= 0.3 is 0 Å². The van der Waals surface area contributed by atoms with E-state index in [1.165, 1.54) is 6.07 Å². The van der Waals surface area contributed by atoms with Crippen LogP contribution in [-0.4, -0.2) is 29.8 Å². The summed E-state index contributed by atoms with van der Waals surface area (Å²) in [6.07, 6.45) is 2.61. The lowest BCUT2D eigenvalue weighted by Gasteiger charge is -2.43. The van der Waals surface area contributed by atoms with Crippen LogP contribution in [0, 0.1) is 11.2 Å². The molecule has 2 amide bonds. The molecule has 25 heavy (non-hydrogen) atoms. The number of carbonyl (C=O) groups is 2. The van der Waals surface area contributed by atoms with Crippen LogP contribution in [0.1, 0.15) is 31.2 Å². The van der Waals surface area contributed by atoms with Crippen molar-refractivity contribution in [1.82, 2.24) is 10.2 Å². The Kier molecular flexibility index (Phi) is 4.04. The Hall–Kier alpha value is -2.27. The van der Waals surface area contributed by atoms with E-state index >= 15 is 0 Å². The normalized spacial score (nSPS) is 20.8. The number of nitrogens with zero attached hydrogens (tertiary/aromatic N) is 1. The van der Waals surface area contributed by atoms with Crippen LogP contribution in [0.5, 0.6) is 0 Å². The van der Waals surface area contributed by atoms with Gasteiger partial charge in [0.2, 0.25) is 11.8 Å². The molecule has 1 N–H and O–H groups in total. The molecule has 0 radical (unpaired) electrons. The summed E-state index contributed by atoms with van der Waals surface area (Å²) in [5, 5.41) is 4.01. The van der Waals surface area contributed by atoms with Crippen molar-refractivity contribution >= 4 is 22.6 Å². The third-order valence-electron chi connectivity index (χ3n) is 5.62. The molecule has 0 atom stereocenters. The molecule has 2 aromatic rings. The number of piperidine rings is 2. The summed E-state index contributed by atoms with van der Waals surface area (Å²) < 4.78 is 14.0. The lowest BCUT2D eigenvalue weighted by atomic mass is 9.71. The Balaban J connectivity index is 1.48. The van der Waals surface area contributed by atoms with Gasteiger partial charge in [-0.3, -0.25) is 19.8 Å². The van der Waals surface area contributed by atoms with E-state index in [1.54, 1.807) is 0 Å². The van der Waals surface area contributed by atoms with E-state index < -0.39 is 0 Å². The third-order valence-corrected chi connectivity index (χ3v) is 5.62. The van der Waals surface area contributed by atoms with Crippen molar-refractivity contribution in [3.8, 4) is 0 Å². The largest absolute Gasteiger partial charge is 0.299 e. The third kappa shape index (κ3) is 3.16. The van der Waals surface area contributed by atoms with Crippen LogP contribution in [0.25, 0.3) is 10.8 Å². The summed E-state index contributed by atoms with van der Waals surface area (Å²) in [6, 6.07) is 11.0. The highest BCUT2D eigenvalue weighted by Gasteiger charge is 2.41. The highest BCUT2D eigenvalue weighted by Crippen LogP contribution is 2.40. The van der Waals surface area contributed by atoms with E-state index in [4.69, 9.17) is 0 Å². The van der Waals surface area contributed by atoms with Crippen molar-refractivity contribution in [2.75, 3.05) is 13.1 Å². The Bertz CT molecular complexity index is 823. The second-order valence-electron chi connectivity index (χ2n) is 7.35. The van der Waals surface area contributed by atoms with Gasteiger partial charge in [0.1, 0.15) is 5.82 Å². The number of hydrogen-bond donors (Lipinski definition) is 1. The molecule has 2 aromatic carbocycles. The molecule has 2 aliphatic rings. The number of hydrogen-bond acceptors (Lipinski definition) is 3. The van der Waals surface area contributed by atoms with Crippen LogP contribution in [0.2, 0.25) is 0 Å². The molecule has 0 bridgehead atoms. The van der Waals surface area contributed by atoms with Gasteiger partial charge in [-0.25, -0.2) is 4.39 Å². The Morgan fingerprint density at radius 2 is 1.60 bits per heavy atom. The minimum atomic E-state index is -0.191. The molecular formula is C20H21FN2O2. The topological polar surface area (TPSA) is 49.4 Å². The number of nitrogens with one attached hydrogen (secondary N) is 1. The average molecular weight is 340 g/mol. The molecule has 130 valence electrons. The summed E-state index contributed by atoms with van der Waals surface area (Å²) >= 11 is 0. The van der Waals surface area contributed by atoms with Crippen LogP contribution in [0.15, 0.2) is 36.4 Å². The summed E-state index contributed by atoms with van der Waals surface area (Å²) in [5.74, 6) is -0.480. The lowest BCUT2D eigenvalue weighted by molar-refractivity contribution is -0.139. The van der Waals surface area contributed by atoms with Crippen molar-refractivity contribution in [1.29, 1.82) is 0 Å². The number of benzene rings is 2. The van der Waals surface area contributed by atoms with Gasteiger partial charge in [0.15, 0.2) is 0 Å². The van der Waals surface area contributed by atoms with Gasteiger partial charge in [0.25, 0.3) is 0 Å². The molecule has 0 unspecified atom stereocenters. The van der Waals surface area contributed by atoms with Crippen LogP contribution < -0.4 is 5.32 Å². The first-order chi connectivity index (χ1) is 12.0. The standard InChI is InChI=1S/C20H21FN2O2/c21-17-6-5-14(15-3-1-2-4-16(15)17)13-23-9-7-20(8-10-23)11-18(24)22-19(25)12-20/h1-6H,7-13H2,(H,22,24,25). The highest BCUT2D eigenvalue weighted by atomic mass is 19.1. The second kappa shape index (κ2) is 6.23. The van der Waals surface area contributed by atoms with E-state index in [0.29, 0.717) is 18.2 Å². The van der Waals surface area contributed by atoms with Gasteiger partial charge in [-0.15, -0.1) is 0 Å². The maximum Gasteiger partial charge on any atom is 0.227 e. The van der Waals surface area contributed by atoms with E-state index in [2.05, 4.69) is 10.2 Å². The lowest BCUT2D eigenvalue weighted by Crippen LogP contribution is -2.49. The second-order valence-corrected chi connectivity index (χ2v) is 7.35. The van der Waals surface area contributed by atoms with Crippen LogP contribution in [0.4, 0.5) is 4.39 Å². The maximum absolute atomic E-state index is 14.0. The fourth-order valence-electron chi connectivity index (χ4n) is 4.23. The zero-order chi connectivity index (χ0) is 17.4. The summed E-state index contributed by atoms with van der Waals surface area (Å²) in [7, 11) is 0. The molecule has 1 spiro atoms. The predicted octanol–water partition coefficient (Wildman–Crippen LogP) is 3.00. The molecule has 2 aliphatic heterocycles. The highest BCUT2D eigenvalue weighted by molar-refractivity contribution is 5.98. The fraction of sp³-hybridized carbons (Fsp3) is 0.400. The first-order valence-corrected chi connectivity index (χ1v) is 8.76. The number of likely N-dealkylation sites (tertiary alicyclic amines) is 1.